The topological polar surface area (TPSA) is 55.4 Å². The van der Waals surface area contributed by atoms with Crippen molar-refractivity contribution in [1.82, 2.24) is 5.32 Å². The van der Waals surface area contributed by atoms with Crippen LogP contribution < -0.4 is 5.32 Å². The molecule has 0 radical (unpaired) electrons. The average Bonchev–Trinajstić information content (AvgIpc) is 2.01. The van der Waals surface area contributed by atoms with Gasteiger partial charge in [0.05, 0.1) is 7.11 Å². The van der Waals surface area contributed by atoms with Gasteiger partial charge < -0.3 is 10.1 Å². The maximum atomic E-state index is 10.9. The fourth-order valence-electron chi connectivity index (χ4n) is 1.01. The van der Waals surface area contributed by atoms with E-state index in [0.717, 1.165) is 0 Å². The highest BCUT2D eigenvalue weighted by atomic mass is 16.5. The van der Waals surface area contributed by atoms with Crippen LogP contribution in [0.15, 0.2) is 11.8 Å². The van der Waals surface area contributed by atoms with E-state index in [1.807, 2.05) is 13.8 Å². The van der Waals surface area contributed by atoms with Gasteiger partial charge >= 0.3 is 5.97 Å². The first kappa shape index (κ1) is 12.7. The second kappa shape index (κ2) is 6.18. The Bertz CT molecular complexity index is 244. The van der Waals surface area contributed by atoms with Crippen molar-refractivity contribution in [2.75, 3.05) is 7.11 Å². The van der Waals surface area contributed by atoms with E-state index < -0.39 is 5.97 Å². The number of allylic oxidation sites excluding steroid dienone is 1. The van der Waals surface area contributed by atoms with Crippen molar-refractivity contribution in [1.29, 1.82) is 0 Å². The van der Waals surface area contributed by atoms with E-state index in [0.29, 0.717) is 18.0 Å². The van der Waals surface area contributed by atoms with Crippen LogP contribution in [0.25, 0.3) is 0 Å². The third-order valence-electron chi connectivity index (χ3n) is 1.46. The van der Waals surface area contributed by atoms with Gasteiger partial charge in [-0.15, -0.1) is 0 Å². The van der Waals surface area contributed by atoms with Crippen molar-refractivity contribution in [2.24, 2.45) is 5.92 Å². The van der Waals surface area contributed by atoms with Crippen LogP contribution in [-0.2, 0) is 14.3 Å². The zero-order chi connectivity index (χ0) is 11.1. The lowest BCUT2D eigenvalue weighted by atomic mass is 10.1. The molecule has 0 fully saturated rings. The van der Waals surface area contributed by atoms with Crippen molar-refractivity contribution >= 4 is 11.9 Å². The van der Waals surface area contributed by atoms with E-state index in [-0.39, 0.29) is 5.91 Å². The molecule has 0 rings (SSSR count). The summed E-state index contributed by atoms with van der Waals surface area (Å²) >= 11 is 0. The summed E-state index contributed by atoms with van der Waals surface area (Å²) < 4.78 is 4.48. The Morgan fingerprint density at radius 2 is 2.00 bits per heavy atom. The highest BCUT2D eigenvalue weighted by Gasteiger charge is 2.05. The van der Waals surface area contributed by atoms with Crippen LogP contribution in [0, 0.1) is 5.92 Å². The van der Waals surface area contributed by atoms with Gasteiger partial charge in [0.1, 0.15) is 0 Å². The maximum absolute atomic E-state index is 10.9. The van der Waals surface area contributed by atoms with Crippen LogP contribution in [0.5, 0.6) is 0 Å². The third kappa shape index (κ3) is 6.22. The fourth-order valence-corrected chi connectivity index (χ4v) is 1.01. The Kier molecular flexibility index (Phi) is 5.60. The van der Waals surface area contributed by atoms with E-state index in [2.05, 4.69) is 10.1 Å². The van der Waals surface area contributed by atoms with Crippen molar-refractivity contribution in [3.8, 4) is 0 Å². The van der Waals surface area contributed by atoms with Gasteiger partial charge in [0, 0.05) is 18.7 Å². The molecule has 4 nitrogen and oxygen atoms in total. The normalized spacial score (nSPS) is 11.4. The van der Waals surface area contributed by atoms with Crippen molar-refractivity contribution in [2.45, 2.75) is 27.2 Å². The van der Waals surface area contributed by atoms with E-state index in [9.17, 15) is 9.59 Å². The first-order chi connectivity index (χ1) is 6.45. The molecule has 1 N–H and O–H groups in total. The Labute approximate surface area is 84.3 Å². The molecule has 0 aliphatic heterocycles. The van der Waals surface area contributed by atoms with E-state index >= 15 is 0 Å². The third-order valence-corrected chi connectivity index (χ3v) is 1.46. The van der Waals surface area contributed by atoms with Crippen LogP contribution in [0.4, 0.5) is 0 Å². The zero-order valence-corrected chi connectivity index (χ0v) is 9.09. The monoisotopic (exact) mass is 199 g/mol. The summed E-state index contributed by atoms with van der Waals surface area (Å²) in [6.07, 6.45) is 1.95. The molecule has 0 heterocycles. The minimum atomic E-state index is -0.450. The van der Waals surface area contributed by atoms with Gasteiger partial charge in [0.15, 0.2) is 0 Å². The van der Waals surface area contributed by atoms with Crippen molar-refractivity contribution in [3.63, 3.8) is 0 Å². The number of nitrogens with one attached hydrogen (secondary N) is 1. The van der Waals surface area contributed by atoms with E-state index in [1.54, 1.807) is 0 Å². The molecule has 80 valence electrons. The average molecular weight is 199 g/mol. The molecule has 14 heavy (non-hydrogen) atoms. The summed E-state index contributed by atoms with van der Waals surface area (Å²) in [5, 5.41) is 2.60. The Morgan fingerprint density at radius 3 is 2.36 bits per heavy atom. The van der Waals surface area contributed by atoms with E-state index in [1.165, 1.54) is 20.1 Å². The Morgan fingerprint density at radius 1 is 1.43 bits per heavy atom. The number of hydrogen-bond acceptors (Lipinski definition) is 3. The predicted molar refractivity (Wildman–Crippen MR) is 53.4 cm³/mol. The molecule has 0 saturated carbocycles. The summed E-state index contributed by atoms with van der Waals surface area (Å²) in [4.78, 5) is 21.7. The lowest BCUT2D eigenvalue weighted by molar-refractivity contribution is -0.134. The summed E-state index contributed by atoms with van der Waals surface area (Å²) in [6, 6.07) is 0. The molecule has 0 spiro atoms. The molecule has 0 bridgehead atoms. The molecule has 0 aromatic carbocycles. The quantitative estimate of drug-likeness (QED) is 0.547. The number of carbonyl (C=O) groups is 2. The molecule has 4 heteroatoms. The number of ether oxygens (including phenoxy) is 1. The number of esters is 1. The second-order valence-electron chi connectivity index (χ2n) is 3.47. The van der Waals surface area contributed by atoms with Gasteiger partial charge in [-0.2, -0.15) is 0 Å². The molecular weight excluding hydrogens is 182 g/mol. The minimum Gasteiger partial charge on any atom is -0.466 e. The van der Waals surface area contributed by atoms with Crippen LogP contribution in [-0.4, -0.2) is 19.0 Å². The van der Waals surface area contributed by atoms with Crippen LogP contribution in [0.2, 0.25) is 0 Å². The van der Waals surface area contributed by atoms with Crippen LogP contribution in [0.1, 0.15) is 27.2 Å². The summed E-state index contributed by atoms with van der Waals surface area (Å²) in [6.45, 7) is 5.42. The minimum absolute atomic E-state index is 0.180. The SMILES string of the molecule is COC(=O)/C=C(\CC(C)C)NC(C)=O. The Balaban J connectivity index is 4.45. The number of rotatable bonds is 4. The molecule has 1 amide bonds. The largest absolute Gasteiger partial charge is 0.466 e. The summed E-state index contributed by atoms with van der Waals surface area (Å²) in [7, 11) is 1.31. The van der Waals surface area contributed by atoms with Gasteiger partial charge in [0.25, 0.3) is 0 Å². The number of amides is 1. The number of methoxy groups -OCH3 is 1. The number of hydrogen-bond donors (Lipinski definition) is 1. The van der Waals surface area contributed by atoms with Crippen molar-refractivity contribution in [3.05, 3.63) is 11.8 Å². The summed E-state index contributed by atoms with van der Waals surface area (Å²) in [5.41, 5.74) is 0.597. The highest BCUT2D eigenvalue weighted by Crippen LogP contribution is 2.07. The van der Waals surface area contributed by atoms with Gasteiger partial charge in [-0.3, -0.25) is 4.79 Å². The molecule has 0 aromatic rings. The van der Waals surface area contributed by atoms with E-state index in [4.69, 9.17) is 0 Å². The Hall–Kier alpha value is -1.32. The molecule has 0 aliphatic rings. The molecule has 0 aromatic heterocycles. The van der Waals surface area contributed by atoms with Gasteiger partial charge in [-0.25, -0.2) is 4.79 Å². The standard InChI is InChI=1S/C10H17NO3/c1-7(2)5-9(11-8(3)12)6-10(13)14-4/h6-7H,5H2,1-4H3,(H,11,12)/b9-6+. The highest BCUT2D eigenvalue weighted by molar-refractivity contribution is 5.84. The number of carbonyl (C=O) groups excluding carboxylic acids is 2. The fraction of sp³-hybridized carbons (Fsp3) is 0.600. The maximum Gasteiger partial charge on any atom is 0.332 e. The molecule has 0 saturated heterocycles. The molecule has 0 aliphatic carbocycles. The first-order valence-electron chi connectivity index (χ1n) is 4.51. The van der Waals surface area contributed by atoms with Gasteiger partial charge in [-0.05, 0) is 12.3 Å². The lowest BCUT2D eigenvalue weighted by Gasteiger charge is -2.09. The molecule has 0 atom stereocenters. The van der Waals surface area contributed by atoms with Gasteiger partial charge in [-0.1, -0.05) is 13.8 Å². The smallest absolute Gasteiger partial charge is 0.332 e. The van der Waals surface area contributed by atoms with Crippen LogP contribution in [0.3, 0.4) is 0 Å². The summed E-state index contributed by atoms with van der Waals surface area (Å²) in [5.74, 6) is -0.257. The van der Waals surface area contributed by atoms with Crippen LogP contribution >= 0.6 is 0 Å². The van der Waals surface area contributed by atoms with Crippen molar-refractivity contribution < 1.29 is 14.3 Å². The second-order valence-corrected chi connectivity index (χ2v) is 3.47. The first-order valence-corrected chi connectivity index (χ1v) is 4.51. The lowest BCUT2D eigenvalue weighted by Crippen LogP contribution is -2.21. The molecular formula is C10H17NO3. The van der Waals surface area contributed by atoms with Gasteiger partial charge in [0.2, 0.25) is 5.91 Å². The molecule has 0 unspecified atom stereocenters. The zero-order valence-electron chi connectivity index (χ0n) is 9.09. The predicted octanol–water partition coefficient (Wildman–Crippen LogP) is 1.23.